The van der Waals surface area contributed by atoms with E-state index < -0.39 is 6.04 Å². The Hall–Kier alpha value is -2.05. The van der Waals surface area contributed by atoms with Crippen molar-refractivity contribution in [3.05, 3.63) is 63.6 Å². The number of amides is 2. The van der Waals surface area contributed by atoms with Gasteiger partial charge in [0.1, 0.15) is 11.8 Å². The molecule has 1 saturated carbocycles. The van der Waals surface area contributed by atoms with Gasteiger partial charge < -0.3 is 15.0 Å². The van der Waals surface area contributed by atoms with E-state index in [9.17, 15) is 9.59 Å². The number of hydrogen-bond donors (Lipinski definition) is 1. The van der Waals surface area contributed by atoms with Crippen LogP contribution < -0.4 is 10.1 Å². The maximum Gasteiger partial charge on any atom is 0.261 e. The first kappa shape index (κ1) is 24.6. The van der Waals surface area contributed by atoms with Crippen molar-refractivity contribution in [1.29, 1.82) is 0 Å². The molecule has 2 amide bonds. The van der Waals surface area contributed by atoms with Gasteiger partial charge in [0.15, 0.2) is 6.61 Å². The summed E-state index contributed by atoms with van der Waals surface area (Å²) < 4.78 is 6.42. The molecule has 0 spiro atoms. The molecule has 0 saturated heterocycles. The highest BCUT2D eigenvalue weighted by Crippen LogP contribution is 2.28. The molecule has 5 nitrogen and oxygen atoms in total. The van der Waals surface area contributed by atoms with Crippen molar-refractivity contribution in [2.24, 2.45) is 0 Å². The third-order valence-corrected chi connectivity index (χ3v) is 6.70. The quantitative estimate of drug-likeness (QED) is 0.481. The Labute approximate surface area is 203 Å². The van der Waals surface area contributed by atoms with E-state index >= 15 is 0 Å². The van der Waals surface area contributed by atoms with Crippen molar-refractivity contribution in [2.45, 2.75) is 57.5 Å². The molecule has 0 aliphatic heterocycles. The first-order chi connectivity index (χ1) is 15.4. The van der Waals surface area contributed by atoms with Crippen LogP contribution in [-0.4, -0.2) is 41.9 Å². The lowest BCUT2D eigenvalue weighted by Crippen LogP contribution is -2.52. The molecule has 2 aromatic rings. The third kappa shape index (κ3) is 7.24. The number of carbonyl (C=O) groups is 2. The van der Waals surface area contributed by atoms with Gasteiger partial charge in [-0.1, -0.05) is 61.2 Å². The van der Waals surface area contributed by atoms with E-state index in [4.69, 9.17) is 16.3 Å². The molecule has 1 aliphatic rings. The average Bonchev–Trinajstić information content (AvgIpc) is 2.80. The van der Waals surface area contributed by atoms with E-state index in [2.05, 4.69) is 21.2 Å². The van der Waals surface area contributed by atoms with Crippen LogP contribution in [0, 0.1) is 0 Å². The molecular formula is C25H30BrClN2O3. The minimum absolute atomic E-state index is 0.106. The van der Waals surface area contributed by atoms with Crippen LogP contribution in [0.5, 0.6) is 5.75 Å². The Balaban J connectivity index is 1.66. The zero-order valence-electron chi connectivity index (χ0n) is 18.4. The standard InChI is InChI=1S/C25H30BrClN2O3/c1-18(25(31)28-21-10-6-3-7-11-21)29(15-14-19-8-4-2-5-9-19)24(30)17-32-23-13-12-20(27)16-22(23)26/h2,4-5,8-9,12-13,16,18,21H,3,6-7,10-11,14-15,17H2,1H3,(H,28,31)/t18-/m0/s1. The lowest BCUT2D eigenvalue weighted by Gasteiger charge is -2.31. The number of carbonyl (C=O) groups excluding carboxylic acids is 2. The molecule has 0 radical (unpaired) electrons. The fourth-order valence-corrected chi connectivity index (χ4v) is 4.75. The Morgan fingerprint density at radius 3 is 2.56 bits per heavy atom. The van der Waals surface area contributed by atoms with Crippen LogP contribution in [0.25, 0.3) is 0 Å². The fraction of sp³-hybridized carbons (Fsp3) is 0.440. The van der Waals surface area contributed by atoms with Crippen molar-refractivity contribution in [3.8, 4) is 5.75 Å². The van der Waals surface area contributed by atoms with Crippen LogP contribution >= 0.6 is 27.5 Å². The van der Waals surface area contributed by atoms with Gasteiger partial charge in [-0.05, 0) is 65.9 Å². The first-order valence-electron chi connectivity index (χ1n) is 11.2. The van der Waals surface area contributed by atoms with E-state index in [-0.39, 0.29) is 24.5 Å². The lowest BCUT2D eigenvalue weighted by molar-refractivity contribution is -0.141. The Bertz CT molecular complexity index is 903. The number of hydrogen-bond acceptors (Lipinski definition) is 3. The second-order valence-corrected chi connectivity index (χ2v) is 9.50. The van der Waals surface area contributed by atoms with Gasteiger partial charge in [-0.25, -0.2) is 0 Å². The number of halogens is 2. The zero-order valence-corrected chi connectivity index (χ0v) is 20.7. The van der Waals surface area contributed by atoms with Crippen LogP contribution in [-0.2, 0) is 16.0 Å². The van der Waals surface area contributed by atoms with Gasteiger partial charge in [-0.15, -0.1) is 0 Å². The molecule has 1 atom stereocenters. The van der Waals surface area contributed by atoms with Gasteiger partial charge in [0, 0.05) is 17.6 Å². The van der Waals surface area contributed by atoms with Crippen LogP contribution in [0.4, 0.5) is 0 Å². The van der Waals surface area contributed by atoms with Crippen molar-refractivity contribution < 1.29 is 14.3 Å². The molecule has 0 unspecified atom stereocenters. The van der Waals surface area contributed by atoms with E-state index in [1.807, 2.05) is 30.3 Å². The second-order valence-electron chi connectivity index (χ2n) is 8.21. The van der Waals surface area contributed by atoms with Gasteiger partial charge in [-0.2, -0.15) is 0 Å². The highest BCUT2D eigenvalue weighted by atomic mass is 79.9. The van der Waals surface area contributed by atoms with Crippen molar-refractivity contribution in [1.82, 2.24) is 10.2 Å². The number of nitrogens with zero attached hydrogens (tertiary/aromatic N) is 1. The molecule has 32 heavy (non-hydrogen) atoms. The van der Waals surface area contributed by atoms with Crippen LogP contribution in [0.3, 0.4) is 0 Å². The number of rotatable bonds is 9. The number of ether oxygens (including phenoxy) is 1. The summed E-state index contributed by atoms with van der Waals surface area (Å²) in [5.74, 6) is 0.199. The van der Waals surface area contributed by atoms with Gasteiger partial charge in [0.2, 0.25) is 5.91 Å². The Kier molecular flexibility index (Phi) is 9.42. The van der Waals surface area contributed by atoms with Crippen molar-refractivity contribution in [2.75, 3.05) is 13.2 Å². The van der Waals surface area contributed by atoms with Crippen LogP contribution in [0.15, 0.2) is 53.0 Å². The molecule has 3 rings (SSSR count). The molecule has 1 fully saturated rings. The summed E-state index contributed by atoms with van der Waals surface area (Å²) in [5.41, 5.74) is 1.12. The lowest BCUT2D eigenvalue weighted by atomic mass is 9.95. The molecule has 1 N–H and O–H groups in total. The van der Waals surface area contributed by atoms with Gasteiger partial charge in [-0.3, -0.25) is 9.59 Å². The topological polar surface area (TPSA) is 58.6 Å². The minimum atomic E-state index is -0.578. The Morgan fingerprint density at radius 1 is 1.16 bits per heavy atom. The van der Waals surface area contributed by atoms with Crippen molar-refractivity contribution >= 4 is 39.3 Å². The van der Waals surface area contributed by atoms with E-state index in [0.717, 1.165) is 31.2 Å². The smallest absolute Gasteiger partial charge is 0.261 e. The third-order valence-electron chi connectivity index (χ3n) is 5.85. The maximum atomic E-state index is 13.1. The van der Waals surface area contributed by atoms with Crippen molar-refractivity contribution in [3.63, 3.8) is 0 Å². The number of benzene rings is 2. The van der Waals surface area contributed by atoms with E-state index in [0.29, 0.717) is 28.2 Å². The molecule has 0 heterocycles. The van der Waals surface area contributed by atoms with Crippen LogP contribution in [0.2, 0.25) is 5.02 Å². The van der Waals surface area contributed by atoms with Crippen LogP contribution in [0.1, 0.15) is 44.6 Å². The summed E-state index contributed by atoms with van der Waals surface area (Å²) in [6.45, 7) is 2.07. The summed E-state index contributed by atoms with van der Waals surface area (Å²) in [4.78, 5) is 27.7. The zero-order chi connectivity index (χ0) is 22.9. The summed E-state index contributed by atoms with van der Waals surface area (Å²) in [5, 5.41) is 3.72. The van der Waals surface area contributed by atoms with E-state index in [1.165, 1.54) is 6.42 Å². The first-order valence-corrected chi connectivity index (χ1v) is 12.3. The van der Waals surface area contributed by atoms with Gasteiger partial charge in [0.25, 0.3) is 5.91 Å². The molecule has 7 heteroatoms. The molecular weight excluding hydrogens is 492 g/mol. The number of nitrogens with one attached hydrogen (secondary N) is 1. The predicted molar refractivity (Wildman–Crippen MR) is 131 cm³/mol. The molecule has 172 valence electrons. The molecule has 1 aliphatic carbocycles. The minimum Gasteiger partial charge on any atom is -0.483 e. The summed E-state index contributed by atoms with van der Waals surface area (Å²) in [6, 6.07) is 14.7. The van der Waals surface area contributed by atoms with E-state index in [1.54, 1.807) is 30.0 Å². The molecule has 0 bridgehead atoms. The summed E-state index contributed by atoms with van der Waals surface area (Å²) in [6.07, 6.45) is 6.17. The van der Waals surface area contributed by atoms with Gasteiger partial charge in [0.05, 0.1) is 4.47 Å². The normalized spacial score (nSPS) is 15.1. The summed E-state index contributed by atoms with van der Waals surface area (Å²) >= 11 is 9.39. The maximum absolute atomic E-state index is 13.1. The SMILES string of the molecule is C[C@@H](C(=O)NC1CCCCC1)N(CCc1ccccc1)C(=O)COc1ccc(Cl)cc1Br. The molecule has 0 aromatic heterocycles. The highest BCUT2D eigenvalue weighted by molar-refractivity contribution is 9.10. The fourth-order valence-electron chi connectivity index (χ4n) is 3.95. The second kappa shape index (κ2) is 12.3. The average molecular weight is 522 g/mol. The highest BCUT2D eigenvalue weighted by Gasteiger charge is 2.28. The monoisotopic (exact) mass is 520 g/mol. The summed E-state index contributed by atoms with van der Waals surface area (Å²) in [7, 11) is 0. The largest absolute Gasteiger partial charge is 0.483 e. The van der Waals surface area contributed by atoms with Gasteiger partial charge >= 0.3 is 0 Å². The Morgan fingerprint density at radius 2 is 1.88 bits per heavy atom. The molecule has 2 aromatic carbocycles. The predicted octanol–water partition coefficient (Wildman–Crippen LogP) is 5.39.